The van der Waals surface area contributed by atoms with Gasteiger partial charge >= 0.3 is 5.97 Å². The van der Waals surface area contributed by atoms with Gasteiger partial charge in [0.25, 0.3) is 0 Å². The first-order valence-electron chi connectivity index (χ1n) is 10.0. The first kappa shape index (κ1) is 20.0. The van der Waals surface area contributed by atoms with Crippen molar-refractivity contribution in [2.45, 2.75) is 51.2 Å². The van der Waals surface area contributed by atoms with Crippen molar-refractivity contribution in [3.05, 3.63) is 24.3 Å². The smallest absolute Gasteiger partial charge is 0.313 e. The van der Waals surface area contributed by atoms with E-state index in [2.05, 4.69) is 21.9 Å². The number of likely N-dealkylation sites (tertiary alicyclic amines) is 1. The van der Waals surface area contributed by atoms with Crippen LogP contribution < -0.4 is 9.64 Å². The predicted octanol–water partition coefficient (Wildman–Crippen LogP) is 2.60. The van der Waals surface area contributed by atoms with E-state index in [0.29, 0.717) is 25.4 Å². The second-order valence-electron chi connectivity index (χ2n) is 7.90. The van der Waals surface area contributed by atoms with E-state index >= 15 is 0 Å². The van der Waals surface area contributed by atoms with E-state index in [-0.39, 0.29) is 0 Å². The number of aliphatic hydroxyl groups excluding tert-OH is 1. The second-order valence-corrected chi connectivity index (χ2v) is 7.90. The molecule has 2 fully saturated rings. The van der Waals surface area contributed by atoms with Crippen molar-refractivity contribution >= 4 is 11.7 Å². The van der Waals surface area contributed by atoms with Crippen LogP contribution in [0.15, 0.2) is 24.3 Å². The van der Waals surface area contributed by atoms with Crippen LogP contribution in [0.5, 0.6) is 5.75 Å². The van der Waals surface area contributed by atoms with Gasteiger partial charge in [0.2, 0.25) is 0 Å². The highest BCUT2D eigenvalue weighted by atomic mass is 16.5. The highest BCUT2D eigenvalue weighted by Crippen LogP contribution is 2.37. The number of carboxylic acids is 1. The van der Waals surface area contributed by atoms with E-state index in [0.717, 1.165) is 44.6 Å². The third-order valence-corrected chi connectivity index (χ3v) is 6.35. The van der Waals surface area contributed by atoms with Gasteiger partial charge in [0.1, 0.15) is 11.2 Å². The van der Waals surface area contributed by atoms with Gasteiger partial charge < -0.3 is 19.8 Å². The van der Waals surface area contributed by atoms with Crippen LogP contribution in [0, 0.1) is 5.41 Å². The van der Waals surface area contributed by atoms with Gasteiger partial charge in [-0.1, -0.05) is 13.3 Å². The van der Waals surface area contributed by atoms with Crippen molar-refractivity contribution in [1.82, 2.24) is 4.90 Å². The highest BCUT2D eigenvalue weighted by Gasteiger charge is 2.49. The maximum Gasteiger partial charge on any atom is 0.313 e. The summed E-state index contributed by atoms with van der Waals surface area (Å²) in [6.45, 7) is 5.16. The number of methoxy groups -OCH3 is 1. The monoisotopic (exact) mass is 376 g/mol. The lowest BCUT2D eigenvalue weighted by atomic mass is 9.73. The van der Waals surface area contributed by atoms with E-state index in [1.807, 2.05) is 19.1 Å². The SMILES string of the molecule is CCC[C@@]1(C(=O)O)CN(C2CCN(c3ccc(OC)cc3)CC2)CC[C@H]1O. The number of piperidine rings is 2. The molecule has 0 radical (unpaired) electrons. The zero-order valence-corrected chi connectivity index (χ0v) is 16.4. The molecule has 2 saturated heterocycles. The van der Waals surface area contributed by atoms with Crippen molar-refractivity contribution in [3.8, 4) is 5.75 Å². The predicted molar refractivity (Wildman–Crippen MR) is 105 cm³/mol. The second kappa shape index (κ2) is 8.48. The maximum atomic E-state index is 12.0. The molecule has 1 aromatic rings. The van der Waals surface area contributed by atoms with Crippen molar-refractivity contribution in [3.63, 3.8) is 0 Å². The molecule has 0 aromatic heterocycles. The molecule has 0 unspecified atom stereocenters. The molecule has 1 aromatic carbocycles. The van der Waals surface area contributed by atoms with Crippen LogP contribution >= 0.6 is 0 Å². The first-order chi connectivity index (χ1) is 13.0. The minimum Gasteiger partial charge on any atom is -0.497 e. The number of rotatable bonds is 6. The van der Waals surface area contributed by atoms with E-state index in [9.17, 15) is 15.0 Å². The summed E-state index contributed by atoms with van der Waals surface area (Å²) < 4.78 is 5.23. The van der Waals surface area contributed by atoms with Gasteiger partial charge in [0.15, 0.2) is 0 Å². The van der Waals surface area contributed by atoms with Gasteiger partial charge in [-0.2, -0.15) is 0 Å². The number of aliphatic hydroxyl groups is 1. The van der Waals surface area contributed by atoms with Crippen molar-refractivity contribution in [1.29, 1.82) is 0 Å². The molecule has 0 bridgehead atoms. The summed E-state index contributed by atoms with van der Waals surface area (Å²) in [5.41, 5.74) is 0.189. The molecular weight excluding hydrogens is 344 g/mol. The summed E-state index contributed by atoms with van der Waals surface area (Å²) >= 11 is 0. The van der Waals surface area contributed by atoms with Gasteiger partial charge in [-0.05, 0) is 49.9 Å². The molecule has 6 nitrogen and oxygen atoms in total. The average molecular weight is 376 g/mol. The van der Waals surface area contributed by atoms with Gasteiger partial charge in [-0.15, -0.1) is 0 Å². The van der Waals surface area contributed by atoms with Crippen LogP contribution in [-0.2, 0) is 4.79 Å². The highest BCUT2D eigenvalue weighted by molar-refractivity contribution is 5.76. The molecule has 2 heterocycles. The number of hydrogen-bond acceptors (Lipinski definition) is 5. The van der Waals surface area contributed by atoms with Crippen molar-refractivity contribution in [2.75, 3.05) is 38.2 Å². The van der Waals surface area contributed by atoms with E-state index in [1.54, 1.807) is 7.11 Å². The zero-order chi connectivity index (χ0) is 19.4. The van der Waals surface area contributed by atoms with Gasteiger partial charge in [-0.3, -0.25) is 9.69 Å². The van der Waals surface area contributed by atoms with E-state index < -0.39 is 17.5 Å². The third kappa shape index (κ3) is 4.06. The Bertz CT molecular complexity index is 628. The topological polar surface area (TPSA) is 73.2 Å². The largest absolute Gasteiger partial charge is 0.497 e. The van der Waals surface area contributed by atoms with Crippen LogP contribution in [0.1, 0.15) is 39.0 Å². The number of anilines is 1. The van der Waals surface area contributed by atoms with Crippen LogP contribution in [0.4, 0.5) is 5.69 Å². The number of carbonyl (C=O) groups is 1. The number of hydrogen-bond donors (Lipinski definition) is 2. The Hall–Kier alpha value is -1.79. The van der Waals surface area contributed by atoms with Crippen molar-refractivity contribution in [2.24, 2.45) is 5.41 Å². The normalized spacial score (nSPS) is 27.5. The summed E-state index contributed by atoms with van der Waals surface area (Å²) in [7, 11) is 1.67. The minimum absolute atomic E-state index is 0.391. The standard InChI is InChI=1S/C21H32N2O4/c1-3-11-21(20(25)26)15-23(14-10-19(21)24)17-8-12-22(13-9-17)16-4-6-18(27-2)7-5-16/h4-7,17,19,24H,3,8-15H2,1-2H3,(H,25,26)/t19-,21-/m1/s1. The number of nitrogens with zero attached hydrogens (tertiary/aromatic N) is 2. The molecule has 0 aliphatic carbocycles. The fourth-order valence-corrected chi connectivity index (χ4v) is 4.71. The number of aliphatic carboxylic acids is 1. The summed E-state index contributed by atoms with van der Waals surface area (Å²) in [6, 6.07) is 8.54. The Labute approximate surface area is 161 Å². The Morgan fingerprint density at radius 3 is 2.41 bits per heavy atom. The Morgan fingerprint density at radius 2 is 1.85 bits per heavy atom. The molecule has 2 aliphatic rings. The molecule has 27 heavy (non-hydrogen) atoms. The lowest BCUT2D eigenvalue weighted by Gasteiger charge is -2.48. The fraction of sp³-hybridized carbons (Fsp3) is 0.667. The van der Waals surface area contributed by atoms with Crippen LogP contribution in [0.25, 0.3) is 0 Å². The third-order valence-electron chi connectivity index (χ3n) is 6.35. The average Bonchev–Trinajstić information content (AvgIpc) is 2.70. The first-order valence-corrected chi connectivity index (χ1v) is 10.0. The van der Waals surface area contributed by atoms with Crippen LogP contribution in [-0.4, -0.2) is 66.5 Å². The molecule has 2 N–H and O–H groups in total. The lowest BCUT2D eigenvalue weighted by molar-refractivity contribution is -0.166. The fourth-order valence-electron chi connectivity index (χ4n) is 4.71. The molecule has 150 valence electrons. The van der Waals surface area contributed by atoms with E-state index in [1.165, 1.54) is 5.69 Å². The molecule has 6 heteroatoms. The van der Waals surface area contributed by atoms with Gasteiger partial charge in [0, 0.05) is 37.9 Å². The summed E-state index contributed by atoms with van der Waals surface area (Å²) in [5.74, 6) is 0.0127. The molecule has 2 atom stereocenters. The summed E-state index contributed by atoms with van der Waals surface area (Å²) in [5, 5.41) is 20.3. The maximum absolute atomic E-state index is 12.0. The number of carboxylic acid groups (broad SMARTS) is 1. The zero-order valence-electron chi connectivity index (χ0n) is 16.4. The quantitative estimate of drug-likeness (QED) is 0.795. The number of ether oxygens (including phenoxy) is 1. The van der Waals surface area contributed by atoms with Crippen LogP contribution in [0.2, 0.25) is 0 Å². The molecule has 2 aliphatic heterocycles. The van der Waals surface area contributed by atoms with E-state index in [4.69, 9.17) is 4.74 Å². The molecular formula is C21H32N2O4. The Kier molecular flexibility index (Phi) is 6.27. The molecule has 0 saturated carbocycles. The summed E-state index contributed by atoms with van der Waals surface area (Å²) in [6.07, 6.45) is 3.14. The molecule has 0 spiro atoms. The molecule has 3 rings (SSSR count). The number of benzene rings is 1. The Balaban J connectivity index is 1.62. The van der Waals surface area contributed by atoms with Gasteiger partial charge in [-0.25, -0.2) is 0 Å². The van der Waals surface area contributed by atoms with Crippen molar-refractivity contribution < 1.29 is 19.7 Å². The minimum atomic E-state index is -1.01. The lowest BCUT2D eigenvalue weighted by Crippen LogP contribution is -2.59. The Morgan fingerprint density at radius 1 is 1.19 bits per heavy atom. The summed E-state index contributed by atoms with van der Waals surface area (Å²) in [4.78, 5) is 16.7. The molecule has 0 amide bonds. The van der Waals surface area contributed by atoms with Crippen LogP contribution in [0.3, 0.4) is 0 Å². The van der Waals surface area contributed by atoms with Gasteiger partial charge in [0.05, 0.1) is 13.2 Å².